The number of pyridine rings is 1. The highest BCUT2D eigenvalue weighted by atomic mass is 35.5. The molecule has 0 radical (unpaired) electrons. The van der Waals surface area contributed by atoms with Gasteiger partial charge in [-0.2, -0.15) is 13.2 Å². The molecule has 1 heterocycles. The third kappa shape index (κ3) is 2.77. The van der Waals surface area contributed by atoms with E-state index in [2.05, 4.69) is 9.72 Å². The zero-order chi connectivity index (χ0) is 9.84. The van der Waals surface area contributed by atoms with Gasteiger partial charge in [0, 0.05) is 0 Å². The second kappa shape index (κ2) is 4.32. The lowest BCUT2D eigenvalue weighted by Gasteiger charge is -2.06. The number of ether oxygens (including phenoxy) is 1. The molecule has 2 nitrogen and oxygen atoms in total. The van der Waals surface area contributed by atoms with E-state index in [-0.39, 0.29) is 17.3 Å². The molecule has 0 spiro atoms. The molecule has 0 aliphatic rings. The van der Waals surface area contributed by atoms with Crippen LogP contribution >= 0.6 is 11.6 Å². The average molecular weight is 212 g/mol. The predicted octanol–water partition coefficient (Wildman–Crippen LogP) is 2.56. The first kappa shape index (κ1) is 10.1. The number of nitrogens with zero attached hydrogens (tertiary/aromatic N) is 1. The van der Waals surface area contributed by atoms with Crippen molar-refractivity contribution in [1.82, 2.24) is 4.98 Å². The first-order valence-electron chi connectivity index (χ1n) is 3.29. The summed E-state index contributed by atoms with van der Waals surface area (Å²) in [7, 11) is 0. The van der Waals surface area contributed by atoms with Crippen LogP contribution in [0.4, 0.5) is 13.2 Å². The van der Waals surface area contributed by atoms with Gasteiger partial charge >= 0.3 is 6.61 Å². The second-order valence-corrected chi connectivity index (χ2v) is 2.36. The van der Waals surface area contributed by atoms with E-state index in [1.807, 2.05) is 0 Å². The monoisotopic (exact) mass is 211 g/mol. The summed E-state index contributed by atoms with van der Waals surface area (Å²) in [5.41, 5.74) is -0.0398. The van der Waals surface area contributed by atoms with Crippen LogP contribution in [0.15, 0.2) is 12.1 Å². The lowest BCUT2D eigenvalue weighted by molar-refractivity contribution is -0.0507. The van der Waals surface area contributed by atoms with Crippen molar-refractivity contribution >= 4 is 11.6 Å². The van der Waals surface area contributed by atoms with Crippen LogP contribution in [0.25, 0.3) is 0 Å². The molecular weight excluding hydrogens is 207 g/mol. The molecule has 0 aliphatic heterocycles. The van der Waals surface area contributed by atoms with Crippen molar-refractivity contribution in [2.75, 3.05) is 0 Å². The molecule has 0 atom stereocenters. The van der Waals surface area contributed by atoms with E-state index in [4.69, 9.17) is 11.6 Å². The molecule has 0 bridgehead atoms. The topological polar surface area (TPSA) is 22.1 Å². The Kier molecular flexibility index (Phi) is 3.36. The minimum atomic E-state index is -2.96. The van der Waals surface area contributed by atoms with Crippen LogP contribution in [0, 0.1) is 5.95 Å². The highest BCUT2D eigenvalue weighted by Crippen LogP contribution is 2.20. The Morgan fingerprint density at radius 1 is 1.46 bits per heavy atom. The summed E-state index contributed by atoms with van der Waals surface area (Å²) in [6, 6.07) is 1.99. The SMILES string of the molecule is Fc1ccc(OC(F)F)c(CCl)n1. The number of hydrogen-bond donors (Lipinski definition) is 0. The van der Waals surface area contributed by atoms with Crippen LogP contribution < -0.4 is 4.74 Å². The molecule has 1 aromatic rings. The molecule has 6 heteroatoms. The van der Waals surface area contributed by atoms with Gasteiger partial charge in [-0.25, -0.2) is 4.98 Å². The Balaban J connectivity index is 2.92. The van der Waals surface area contributed by atoms with Gasteiger partial charge < -0.3 is 4.74 Å². The fraction of sp³-hybridized carbons (Fsp3) is 0.286. The van der Waals surface area contributed by atoms with Gasteiger partial charge in [0.05, 0.1) is 5.88 Å². The van der Waals surface area contributed by atoms with Gasteiger partial charge in [-0.15, -0.1) is 11.6 Å². The molecule has 0 saturated heterocycles. The van der Waals surface area contributed by atoms with Crippen LogP contribution in [-0.4, -0.2) is 11.6 Å². The van der Waals surface area contributed by atoms with Crippen LogP contribution in [-0.2, 0) is 5.88 Å². The molecule has 13 heavy (non-hydrogen) atoms. The molecule has 72 valence electrons. The lowest BCUT2D eigenvalue weighted by atomic mass is 10.3. The van der Waals surface area contributed by atoms with Crippen LogP contribution in [0.5, 0.6) is 5.75 Å². The predicted molar refractivity (Wildman–Crippen MR) is 40.4 cm³/mol. The van der Waals surface area contributed by atoms with E-state index in [1.54, 1.807) is 0 Å². The largest absolute Gasteiger partial charge is 0.433 e. The molecular formula is C7H5ClF3NO. The number of alkyl halides is 3. The summed E-state index contributed by atoms with van der Waals surface area (Å²) >= 11 is 5.33. The molecule has 0 aromatic carbocycles. The van der Waals surface area contributed by atoms with Crippen molar-refractivity contribution < 1.29 is 17.9 Å². The smallest absolute Gasteiger partial charge is 0.387 e. The summed E-state index contributed by atoms with van der Waals surface area (Å²) in [4.78, 5) is 3.29. The van der Waals surface area contributed by atoms with Gasteiger partial charge in [0.25, 0.3) is 0 Å². The summed E-state index contributed by atoms with van der Waals surface area (Å²) in [6.45, 7) is -2.96. The van der Waals surface area contributed by atoms with Crippen molar-refractivity contribution in [1.29, 1.82) is 0 Å². The Morgan fingerprint density at radius 2 is 2.15 bits per heavy atom. The molecule has 0 unspecified atom stereocenters. The summed E-state index contributed by atoms with van der Waals surface area (Å²) in [5, 5.41) is 0. The molecule has 0 fully saturated rings. The Morgan fingerprint density at radius 3 is 2.69 bits per heavy atom. The van der Waals surface area contributed by atoms with E-state index >= 15 is 0 Å². The Bertz CT molecular complexity index is 295. The zero-order valence-electron chi connectivity index (χ0n) is 6.31. The second-order valence-electron chi connectivity index (χ2n) is 2.09. The minimum absolute atomic E-state index is 0.0398. The molecule has 0 saturated carbocycles. The van der Waals surface area contributed by atoms with Crippen LogP contribution in [0.3, 0.4) is 0 Å². The van der Waals surface area contributed by atoms with E-state index in [0.717, 1.165) is 12.1 Å². The summed E-state index contributed by atoms with van der Waals surface area (Å²) in [6.07, 6.45) is 0. The van der Waals surface area contributed by atoms with Gasteiger partial charge in [0.2, 0.25) is 5.95 Å². The van der Waals surface area contributed by atoms with Gasteiger partial charge in [-0.05, 0) is 12.1 Å². The van der Waals surface area contributed by atoms with Gasteiger partial charge in [-0.3, -0.25) is 0 Å². The number of aromatic nitrogens is 1. The fourth-order valence-corrected chi connectivity index (χ4v) is 0.952. The quantitative estimate of drug-likeness (QED) is 0.566. The first-order chi connectivity index (χ1) is 6.13. The summed E-state index contributed by atoms with van der Waals surface area (Å²) in [5.74, 6) is -1.16. The van der Waals surface area contributed by atoms with Crippen molar-refractivity contribution in [3.8, 4) is 5.75 Å². The molecule has 0 N–H and O–H groups in total. The third-order valence-corrected chi connectivity index (χ3v) is 1.49. The lowest BCUT2D eigenvalue weighted by Crippen LogP contribution is -2.05. The zero-order valence-corrected chi connectivity index (χ0v) is 7.06. The maximum Gasteiger partial charge on any atom is 0.387 e. The molecule has 1 aromatic heterocycles. The normalized spacial score (nSPS) is 10.5. The minimum Gasteiger partial charge on any atom is -0.433 e. The van der Waals surface area contributed by atoms with Crippen molar-refractivity contribution in [2.45, 2.75) is 12.5 Å². The van der Waals surface area contributed by atoms with Crippen LogP contribution in [0.1, 0.15) is 5.69 Å². The van der Waals surface area contributed by atoms with Gasteiger partial charge in [-0.1, -0.05) is 0 Å². The number of halogens is 4. The van der Waals surface area contributed by atoms with E-state index in [1.165, 1.54) is 0 Å². The van der Waals surface area contributed by atoms with E-state index in [0.29, 0.717) is 0 Å². The maximum absolute atomic E-state index is 12.5. The molecule has 1 rings (SSSR count). The van der Waals surface area contributed by atoms with E-state index < -0.39 is 12.6 Å². The number of hydrogen-bond acceptors (Lipinski definition) is 2. The Hall–Kier alpha value is -0.970. The fourth-order valence-electron chi connectivity index (χ4n) is 0.761. The van der Waals surface area contributed by atoms with Crippen molar-refractivity contribution in [3.63, 3.8) is 0 Å². The van der Waals surface area contributed by atoms with Gasteiger partial charge in [0.1, 0.15) is 11.4 Å². The average Bonchev–Trinajstić information content (AvgIpc) is 2.07. The highest BCUT2D eigenvalue weighted by Gasteiger charge is 2.10. The first-order valence-corrected chi connectivity index (χ1v) is 3.83. The molecule has 0 aliphatic carbocycles. The third-order valence-electron chi connectivity index (χ3n) is 1.24. The highest BCUT2D eigenvalue weighted by molar-refractivity contribution is 6.17. The van der Waals surface area contributed by atoms with Crippen molar-refractivity contribution in [2.24, 2.45) is 0 Å². The molecule has 0 amide bonds. The maximum atomic E-state index is 12.5. The van der Waals surface area contributed by atoms with Gasteiger partial charge in [0.15, 0.2) is 0 Å². The Labute approximate surface area is 77.3 Å². The number of rotatable bonds is 3. The van der Waals surface area contributed by atoms with E-state index in [9.17, 15) is 13.2 Å². The van der Waals surface area contributed by atoms with Crippen molar-refractivity contribution in [3.05, 3.63) is 23.8 Å². The standard InChI is InChI=1S/C7H5ClF3NO/c8-3-4-5(13-7(10)11)1-2-6(9)12-4/h1-2,7H,3H2. The van der Waals surface area contributed by atoms with Crippen LogP contribution in [0.2, 0.25) is 0 Å². The summed E-state index contributed by atoms with van der Waals surface area (Å²) < 4.78 is 40.0.